The van der Waals surface area contributed by atoms with E-state index < -0.39 is 0 Å². The fourth-order valence-electron chi connectivity index (χ4n) is 2.45. The summed E-state index contributed by atoms with van der Waals surface area (Å²) in [5.74, 6) is 3.36. The number of rotatable bonds is 4. The lowest BCUT2D eigenvalue weighted by molar-refractivity contribution is -0.122. The van der Waals surface area contributed by atoms with Crippen molar-refractivity contribution < 1.29 is 4.79 Å². The highest BCUT2D eigenvalue weighted by Crippen LogP contribution is 2.18. The van der Waals surface area contributed by atoms with Crippen molar-refractivity contribution in [3.05, 3.63) is 0 Å². The van der Waals surface area contributed by atoms with E-state index >= 15 is 0 Å². The Bertz CT molecular complexity index is 223. The van der Waals surface area contributed by atoms with Crippen LogP contribution in [0.15, 0.2) is 0 Å². The van der Waals surface area contributed by atoms with Crippen molar-refractivity contribution in [2.75, 3.05) is 24.6 Å². The third kappa shape index (κ3) is 3.98. The Balaban J connectivity index is 1.59. The molecule has 2 unspecified atom stereocenters. The lowest BCUT2D eigenvalue weighted by Crippen LogP contribution is -2.38. The van der Waals surface area contributed by atoms with Gasteiger partial charge in [0.05, 0.1) is 0 Å². The van der Waals surface area contributed by atoms with E-state index in [4.69, 9.17) is 0 Å². The molecule has 2 rings (SSSR count). The van der Waals surface area contributed by atoms with Crippen molar-refractivity contribution in [1.82, 2.24) is 10.6 Å². The summed E-state index contributed by atoms with van der Waals surface area (Å²) >= 11 is 1.96. The van der Waals surface area contributed by atoms with Gasteiger partial charge in [-0.2, -0.15) is 11.8 Å². The van der Waals surface area contributed by atoms with Gasteiger partial charge >= 0.3 is 0 Å². The zero-order valence-corrected chi connectivity index (χ0v) is 10.7. The highest BCUT2D eigenvalue weighted by molar-refractivity contribution is 7.99. The monoisotopic (exact) mass is 242 g/mol. The van der Waals surface area contributed by atoms with Gasteiger partial charge in [0.2, 0.25) is 5.91 Å². The maximum atomic E-state index is 11.7. The minimum atomic E-state index is 0.263. The van der Waals surface area contributed by atoms with E-state index in [1.807, 2.05) is 11.8 Å². The first-order valence-electron chi connectivity index (χ1n) is 6.42. The molecule has 0 aromatic carbocycles. The number of carbonyl (C=O) groups excluding carboxylic acids is 1. The van der Waals surface area contributed by atoms with Crippen LogP contribution in [0.25, 0.3) is 0 Å². The summed E-state index contributed by atoms with van der Waals surface area (Å²) < 4.78 is 0. The predicted octanol–water partition coefficient (Wildman–Crippen LogP) is 1.39. The molecule has 2 saturated heterocycles. The molecule has 16 heavy (non-hydrogen) atoms. The van der Waals surface area contributed by atoms with Crippen molar-refractivity contribution in [2.45, 2.75) is 38.1 Å². The first-order chi connectivity index (χ1) is 7.84. The molecular formula is C12H22N2OS. The van der Waals surface area contributed by atoms with Crippen LogP contribution in [0.4, 0.5) is 0 Å². The van der Waals surface area contributed by atoms with E-state index in [0.717, 1.165) is 31.2 Å². The number of nitrogens with one attached hydrogen (secondary N) is 2. The molecule has 0 aromatic heterocycles. The molecular weight excluding hydrogens is 220 g/mol. The van der Waals surface area contributed by atoms with Gasteiger partial charge in [-0.15, -0.1) is 0 Å². The largest absolute Gasteiger partial charge is 0.353 e. The highest BCUT2D eigenvalue weighted by atomic mass is 32.2. The number of hydrogen-bond donors (Lipinski definition) is 2. The summed E-state index contributed by atoms with van der Waals surface area (Å²) in [5, 5.41) is 6.51. The molecule has 0 radical (unpaired) electrons. The fraction of sp³-hybridized carbons (Fsp3) is 0.917. The van der Waals surface area contributed by atoms with Gasteiger partial charge in [-0.1, -0.05) is 0 Å². The molecule has 3 nitrogen and oxygen atoms in total. The Kier molecular flexibility index (Phi) is 4.97. The summed E-state index contributed by atoms with van der Waals surface area (Å²) in [4.78, 5) is 11.7. The van der Waals surface area contributed by atoms with Gasteiger partial charge in [-0.3, -0.25) is 4.79 Å². The summed E-state index contributed by atoms with van der Waals surface area (Å²) in [7, 11) is 0. The van der Waals surface area contributed by atoms with Crippen molar-refractivity contribution in [3.8, 4) is 0 Å². The topological polar surface area (TPSA) is 41.1 Å². The Morgan fingerprint density at radius 3 is 3.06 bits per heavy atom. The Morgan fingerprint density at radius 2 is 2.38 bits per heavy atom. The van der Waals surface area contributed by atoms with Crippen LogP contribution in [0.5, 0.6) is 0 Å². The maximum Gasteiger partial charge on any atom is 0.220 e. The standard InChI is InChI=1S/C12H22N2OS/c15-12(4-3-10-5-6-13-8-10)14-11-2-1-7-16-9-11/h10-11,13H,1-9H2,(H,14,15). The van der Waals surface area contributed by atoms with E-state index in [0.29, 0.717) is 12.5 Å². The molecule has 1 amide bonds. The first kappa shape index (κ1) is 12.2. The lowest BCUT2D eigenvalue weighted by atomic mass is 10.0. The van der Waals surface area contributed by atoms with Crippen molar-refractivity contribution in [1.29, 1.82) is 0 Å². The first-order valence-corrected chi connectivity index (χ1v) is 7.58. The molecule has 2 aliphatic heterocycles. The molecule has 92 valence electrons. The molecule has 0 saturated carbocycles. The van der Waals surface area contributed by atoms with Crippen molar-refractivity contribution in [2.24, 2.45) is 5.92 Å². The second-order valence-corrected chi connectivity index (χ2v) is 6.03. The molecule has 2 N–H and O–H groups in total. The average Bonchev–Trinajstić information content (AvgIpc) is 2.81. The lowest BCUT2D eigenvalue weighted by Gasteiger charge is -2.22. The van der Waals surface area contributed by atoms with Crippen molar-refractivity contribution in [3.63, 3.8) is 0 Å². The van der Waals surface area contributed by atoms with Crippen LogP contribution >= 0.6 is 11.8 Å². The molecule has 2 atom stereocenters. The average molecular weight is 242 g/mol. The van der Waals surface area contributed by atoms with Gasteiger partial charge in [-0.05, 0) is 50.4 Å². The van der Waals surface area contributed by atoms with E-state index in [1.54, 1.807) is 0 Å². The molecule has 2 aliphatic rings. The number of thioether (sulfide) groups is 1. The summed E-state index contributed by atoms with van der Waals surface area (Å²) in [6.07, 6.45) is 5.44. The van der Waals surface area contributed by atoms with Crippen LogP contribution in [0.1, 0.15) is 32.1 Å². The van der Waals surface area contributed by atoms with Crippen LogP contribution in [0, 0.1) is 5.92 Å². The highest BCUT2D eigenvalue weighted by Gasteiger charge is 2.18. The van der Waals surface area contributed by atoms with E-state index in [1.165, 1.54) is 25.0 Å². The molecule has 0 aromatic rings. The normalized spacial score (nSPS) is 30.2. The SMILES string of the molecule is O=C(CCC1CCNC1)NC1CCCSC1. The summed E-state index contributed by atoms with van der Waals surface area (Å²) in [6.45, 7) is 2.23. The van der Waals surface area contributed by atoms with Crippen LogP contribution in [-0.2, 0) is 4.79 Å². The molecule has 0 bridgehead atoms. The van der Waals surface area contributed by atoms with Gasteiger partial charge in [0.25, 0.3) is 0 Å². The van der Waals surface area contributed by atoms with Gasteiger partial charge in [0.15, 0.2) is 0 Å². The number of amides is 1. The quantitative estimate of drug-likeness (QED) is 0.783. The van der Waals surface area contributed by atoms with E-state index in [2.05, 4.69) is 10.6 Å². The molecule has 2 heterocycles. The summed E-state index contributed by atoms with van der Waals surface area (Å²) in [5.41, 5.74) is 0. The van der Waals surface area contributed by atoms with Crippen molar-refractivity contribution >= 4 is 17.7 Å². The fourth-order valence-corrected chi connectivity index (χ4v) is 3.52. The molecule has 0 spiro atoms. The van der Waals surface area contributed by atoms with Crippen LogP contribution in [0.3, 0.4) is 0 Å². The Labute approximate surface area is 102 Å². The van der Waals surface area contributed by atoms with Gasteiger partial charge in [0.1, 0.15) is 0 Å². The van der Waals surface area contributed by atoms with Crippen LogP contribution < -0.4 is 10.6 Å². The van der Waals surface area contributed by atoms with Gasteiger partial charge in [0, 0.05) is 18.2 Å². The maximum absolute atomic E-state index is 11.7. The summed E-state index contributed by atoms with van der Waals surface area (Å²) in [6, 6.07) is 0.438. The minimum absolute atomic E-state index is 0.263. The number of carbonyl (C=O) groups is 1. The minimum Gasteiger partial charge on any atom is -0.353 e. The molecule has 2 fully saturated rings. The zero-order valence-electron chi connectivity index (χ0n) is 9.84. The zero-order chi connectivity index (χ0) is 11.2. The molecule has 4 heteroatoms. The second-order valence-electron chi connectivity index (χ2n) is 4.88. The molecule has 0 aliphatic carbocycles. The van der Waals surface area contributed by atoms with E-state index in [9.17, 15) is 4.79 Å². The third-order valence-corrected chi connectivity index (χ3v) is 4.68. The second kappa shape index (κ2) is 6.50. The Hall–Kier alpha value is -0.220. The van der Waals surface area contributed by atoms with Crippen LogP contribution in [0.2, 0.25) is 0 Å². The predicted molar refractivity (Wildman–Crippen MR) is 68.7 cm³/mol. The van der Waals surface area contributed by atoms with E-state index in [-0.39, 0.29) is 5.91 Å². The van der Waals surface area contributed by atoms with Gasteiger partial charge in [-0.25, -0.2) is 0 Å². The third-order valence-electron chi connectivity index (χ3n) is 3.47. The smallest absolute Gasteiger partial charge is 0.220 e. The van der Waals surface area contributed by atoms with Gasteiger partial charge < -0.3 is 10.6 Å². The van der Waals surface area contributed by atoms with Crippen LogP contribution in [-0.4, -0.2) is 36.5 Å². The Morgan fingerprint density at radius 1 is 1.44 bits per heavy atom. The number of hydrogen-bond acceptors (Lipinski definition) is 3.